The van der Waals surface area contributed by atoms with Crippen molar-refractivity contribution in [3.63, 3.8) is 0 Å². The third-order valence-electron chi connectivity index (χ3n) is 6.59. The zero-order valence-electron chi connectivity index (χ0n) is 21.0. The van der Waals surface area contributed by atoms with E-state index in [2.05, 4.69) is 5.32 Å². The number of carbonyl (C=O) groups is 3. The van der Waals surface area contributed by atoms with Gasteiger partial charge in [0.05, 0.1) is 13.7 Å². The Morgan fingerprint density at radius 2 is 1.51 bits per heavy atom. The Labute approximate surface area is 217 Å². The first-order chi connectivity index (χ1) is 18.0. The van der Waals surface area contributed by atoms with Gasteiger partial charge in [-0.1, -0.05) is 84.9 Å². The number of benzene rings is 3. The molecule has 1 aliphatic heterocycles. The summed E-state index contributed by atoms with van der Waals surface area (Å²) in [5, 5.41) is 2.85. The molecule has 0 saturated heterocycles. The van der Waals surface area contributed by atoms with E-state index in [1.165, 1.54) is 12.0 Å². The normalized spacial score (nSPS) is 15.3. The molecule has 3 aromatic carbocycles. The fourth-order valence-corrected chi connectivity index (χ4v) is 4.57. The average Bonchev–Trinajstić information content (AvgIpc) is 2.95. The minimum atomic E-state index is -0.806. The molecule has 3 aromatic rings. The quantitative estimate of drug-likeness (QED) is 0.440. The Morgan fingerprint density at radius 1 is 0.892 bits per heavy atom. The lowest BCUT2D eigenvalue weighted by molar-refractivity contribution is -0.146. The molecule has 0 unspecified atom stereocenters. The van der Waals surface area contributed by atoms with Gasteiger partial charge in [-0.25, -0.2) is 9.59 Å². The second-order valence-corrected chi connectivity index (χ2v) is 9.12. The number of esters is 1. The van der Waals surface area contributed by atoms with E-state index in [9.17, 15) is 14.4 Å². The summed E-state index contributed by atoms with van der Waals surface area (Å²) in [5.41, 5.74) is 3.98. The van der Waals surface area contributed by atoms with Crippen LogP contribution >= 0.6 is 0 Å². The molecule has 2 amide bonds. The SMILES string of the molecule is COC(=O)[C@@H](CCCc1ccccc1)NC(=O)[C@@H]1Cc2ccccc2CN1C(=O)OCc1ccccc1. The summed E-state index contributed by atoms with van der Waals surface area (Å²) in [4.78, 5) is 40.6. The van der Waals surface area contributed by atoms with Gasteiger partial charge in [-0.05, 0) is 41.5 Å². The number of aryl methyl sites for hydroxylation is 1. The van der Waals surface area contributed by atoms with E-state index in [0.29, 0.717) is 19.3 Å². The molecule has 37 heavy (non-hydrogen) atoms. The van der Waals surface area contributed by atoms with Gasteiger partial charge in [0.25, 0.3) is 0 Å². The molecule has 0 aromatic heterocycles. The van der Waals surface area contributed by atoms with Crippen molar-refractivity contribution in [3.8, 4) is 0 Å². The van der Waals surface area contributed by atoms with Gasteiger partial charge in [0.1, 0.15) is 18.7 Å². The standard InChI is InChI=1S/C30H32N2O5/c1-36-29(34)26(18-10-15-22-11-4-2-5-12-22)31-28(33)27-19-24-16-8-9-17-25(24)20-32(27)30(35)37-21-23-13-6-3-7-14-23/h2-9,11-14,16-17,26-27H,10,15,18-21H2,1H3,(H,31,33)/t26-,27+/m1/s1. The average molecular weight is 501 g/mol. The van der Waals surface area contributed by atoms with Crippen LogP contribution in [0.25, 0.3) is 0 Å². The highest BCUT2D eigenvalue weighted by Crippen LogP contribution is 2.25. The van der Waals surface area contributed by atoms with Crippen molar-refractivity contribution in [1.29, 1.82) is 0 Å². The molecular weight excluding hydrogens is 468 g/mol. The van der Waals surface area contributed by atoms with E-state index in [-0.39, 0.29) is 13.2 Å². The maximum absolute atomic E-state index is 13.5. The fourth-order valence-electron chi connectivity index (χ4n) is 4.57. The number of carbonyl (C=O) groups excluding carboxylic acids is 3. The molecule has 0 spiro atoms. The van der Waals surface area contributed by atoms with Crippen LogP contribution in [0.5, 0.6) is 0 Å². The lowest BCUT2D eigenvalue weighted by atomic mass is 9.93. The highest BCUT2D eigenvalue weighted by atomic mass is 16.6. The van der Waals surface area contributed by atoms with Crippen LogP contribution in [0.2, 0.25) is 0 Å². The molecule has 0 fully saturated rings. The first-order valence-corrected chi connectivity index (χ1v) is 12.5. The largest absolute Gasteiger partial charge is 0.467 e. The summed E-state index contributed by atoms with van der Waals surface area (Å²) in [7, 11) is 1.31. The van der Waals surface area contributed by atoms with E-state index in [1.54, 1.807) is 0 Å². The number of hydrogen-bond acceptors (Lipinski definition) is 5. The van der Waals surface area contributed by atoms with Crippen molar-refractivity contribution in [3.05, 3.63) is 107 Å². The van der Waals surface area contributed by atoms with E-state index in [4.69, 9.17) is 9.47 Å². The second-order valence-electron chi connectivity index (χ2n) is 9.12. The Morgan fingerprint density at radius 3 is 2.19 bits per heavy atom. The molecule has 1 heterocycles. The summed E-state index contributed by atoms with van der Waals surface area (Å²) >= 11 is 0. The first-order valence-electron chi connectivity index (χ1n) is 12.5. The maximum Gasteiger partial charge on any atom is 0.411 e. The van der Waals surface area contributed by atoms with Gasteiger partial charge in [-0.3, -0.25) is 9.69 Å². The molecule has 0 aliphatic carbocycles. The second kappa shape index (κ2) is 12.7. The molecule has 1 N–H and O–H groups in total. The maximum atomic E-state index is 13.5. The minimum absolute atomic E-state index is 0.108. The summed E-state index contributed by atoms with van der Waals surface area (Å²) < 4.78 is 10.5. The van der Waals surface area contributed by atoms with E-state index in [1.807, 2.05) is 84.9 Å². The number of nitrogens with one attached hydrogen (secondary N) is 1. The Balaban J connectivity index is 1.45. The van der Waals surface area contributed by atoms with Gasteiger partial charge >= 0.3 is 12.1 Å². The molecule has 7 nitrogen and oxygen atoms in total. The third-order valence-corrected chi connectivity index (χ3v) is 6.59. The van der Waals surface area contributed by atoms with Crippen LogP contribution in [0.1, 0.15) is 35.1 Å². The van der Waals surface area contributed by atoms with Crippen LogP contribution in [0.4, 0.5) is 4.79 Å². The topological polar surface area (TPSA) is 84.9 Å². The number of methoxy groups -OCH3 is 1. The van der Waals surface area contributed by atoms with E-state index >= 15 is 0 Å². The predicted molar refractivity (Wildman–Crippen MR) is 139 cm³/mol. The van der Waals surface area contributed by atoms with Crippen LogP contribution in [-0.2, 0) is 45.1 Å². The summed E-state index contributed by atoms with van der Waals surface area (Å²) in [6.07, 6.45) is 1.66. The van der Waals surface area contributed by atoms with Gasteiger partial charge in [0.15, 0.2) is 0 Å². The van der Waals surface area contributed by atoms with Crippen LogP contribution < -0.4 is 5.32 Å². The predicted octanol–water partition coefficient (Wildman–Crippen LogP) is 4.43. The lowest BCUT2D eigenvalue weighted by Gasteiger charge is -2.35. The Kier molecular flexibility index (Phi) is 8.92. The smallest absolute Gasteiger partial charge is 0.411 e. The number of hydrogen-bond donors (Lipinski definition) is 1. The zero-order valence-corrected chi connectivity index (χ0v) is 21.0. The van der Waals surface area contributed by atoms with Crippen LogP contribution in [-0.4, -0.2) is 42.1 Å². The summed E-state index contributed by atoms with van der Waals surface area (Å²) in [5.74, 6) is -0.905. The van der Waals surface area contributed by atoms with Crippen molar-refractivity contribution in [2.45, 2.75) is 50.9 Å². The van der Waals surface area contributed by atoms with Gasteiger partial charge in [-0.15, -0.1) is 0 Å². The highest BCUT2D eigenvalue weighted by Gasteiger charge is 2.37. The molecule has 4 rings (SSSR count). The molecule has 192 valence electrons. The number of fused-ring (bicyclic) bond motifs is 1. The summed E-state index contributed by atoms with van der Waals surface area (Å²) in [6.45, 7) is 0.356. The van der Waals surface area contributed by atoms with E-state index < -0.39 is 30.1 Å². The monoisotopic (exact) mass is 500 g/mol. The summed E-state index contributed by atoms with van der Waals surface area (Å²) in [6, 6.07) is 25.5. The van der Waals surface area contributed by atoms with Gasteiger partial charge in [0, 0.05) is 6.42 Å². The van der Waals surface area contributed by atoms with Crippen molar-refractivity contribution in [2.24, 2.45) is 0 Å². The third kappa shape index (κ3) is 6.97. The van der Waals surface area contributed by atoms with Crippen LogP contribution in [0.15, 0.2) is 84.9 Å². The number of nitrogens with zero attached hydrogens (tertiary/aromatic N) is 1. The molecule has 0 radical (unpaired) electrons. The molecule has 2 atom stereocenters. The molecule has 7 heteroatoms. The number of rotatable bonds is 9. The first kappa shape index (κ1) is 25.9. The van der Waals surface area contributed by atoms with Gasteiger partial charge in [-0.2, -0.15) is 0 Å². The molecule has 1 aliphatic rings. The van der Waals surface area contributed by atoms with Crippen molar-refractivity contribution < 1.29 is 23.9 Å². The van der Waals surface area contributed by atoms with Crippen LogP contribution in [0.3, 0.4) is 0 Å². The van der Waals surface area contributed by atoms with Crippen molar-refractivity contribution in [2.75, 3.05) is 7.11 Å². The van der Waals surface area contributed by atoms with Gasteiger partial charge in [0.2, 0.25) is 5.91 Å². The van der Waals surface area contributed by atoms with Crippen LogP contribution in [0, 0.1) is 0 Å². The fraction of sp³-hybridized carbons (Fsp3) is 0.300. The van der Waals surface area contributed by atoms with Crippen molar-refractivity contribution in [1.82, 2.24) is 10.2 Å². The molecule has 0 bridgehead atoms. The van der Waals surface area contributed by atoms with Gasteiger partial charge < -0.3 is 14.8 Å². The zero-order chi connectivity index (χ0) is 26.0. The lowest BCUT2D eigenvalue weighted by Crippen LogP contribution is -2.55. The van der Waals surface area contributed by atoms with E-state index in [0.717, 1.165) is 28.7 Å². The number of ether oxygens (including phenoxy) is 2. The Hall–Kier alpha value is -4.13. The number of amides is 2. The molecule has 0 saturated carbocycles. The highest BCUT2D eigenvalue weighted by molar-refractivity contribution is 5.90. The minimum Gasteiger partial charge on any atom is -0.467 e. The Bertz CT molecular complexity index is 1200. The molecular formula is C30H32N2O5. The van der Waals surface area contributed by atoms with Crippen molar-refractivity contribution >= 4 is 18.0 Å².